The number of anilines is 2. The highest BCUT2D eigenvalue weighted by Crippen LogP contribution is 2.35. The molecule has 162 valence electrons. The molecule has 1 aliphatic heterocycles. The van der Waals surface area contributed by atoms with E-state index in [0.717, 1.165) is 16.8 Å². The van der Waals surface area contributed by atoms with E-state index in [9.17, 15) is 9.59 Å². The zero-order chi connectivity index (χ0) is 22.8. The van der Waals surface area contributed by atoms with E-state index in [1.54, 1.807) is 48.5 Å². The van der Waals surface area contributed by atoms with E-state index < -0.39 is 11.8 Å². The van der Waals surface area contributed by atoms with Crippen LogP contribution < -0.4 is 15.0 Å². The Kier molecular flexibility index (Phi) is 6.01. The van der Waals surface area contributed by atoms with Crippen LogP contribution in [0.2, 0.25) is 5.02 Å². The van der Waals surface area contributed by atoms with E-state index in [-0.39, 0.29) is 5.70 Å². The van der Waals surface area contributed by atoms with Gasteiger partial charge in [-0.05, 0) is 73.9 Å². The summed E-state index contributed by atoms with van der Waals surface area (Å²) in [6, 6.07) is 19.8. The number of nitrogens with one attached hydrogen (secondary N) is 1. The minimum atomic E-state index is -0.423. The first-order valence-corrected chi connectivity index (χ1v) is 10.7. The highest BCUT2D eigenvalue weighted by atomic mass is 35.5. The van der Waals surface area contributed by atoms with E-state index in [1.165, 1.54) is 4.90 Å². The predicted octanol–water partition coefficient (Wildman–Crippen LogP) is 5.75. The number of hydrogen-bond donors (Lipinski definition) is 1. The standard InChI is InChI=1S/C26H23ClN2O3/c1-4-32-22-7-5-6-21(15-22)29-25(30)23(18-8-10-19(27)11-9-18)24(26(29)31)28-20-13-16(2)12-17(3)14-20/h5-15,28H,4H2,1-3H3. The third-order valence-corrected chi connectivity index (χ3v) is 5.35. The lowest BCUT2D eigenvalue weighted by Crippen LogP contribution is -2.32. The summed E-state index contributed by atoms with van der Waals surface area (Å²) in [4.78, 5) is 28.2. The van der Waals surface area contributed by atoms with Crippen molar-refractivity contribution in [1.29, 1.82) is 0 Å². The van der Waals surface area contributed by atoms with Crippen molar-refractivity contribution in [3.8, 4) is 5.75 Å². The van der Waals surface area contributed by atoms with Crippen LogP contribution in [0.4, 0.5) is 11.4 Å². The van der Waals surface area contributed by atoms with Crippen molar-refractivity contribution < 1.29 is 14.3 Å². The predicted molar refractivity (Wildman–Crippen MR) is 128 cm³/mol. The van der Waals surface area contributed by atoms with Crippen molar-refractivity contribution >= 4 is 40.4 Å². The number of imide groups is 1. The van der Waals surface area contributed by atoms with Gasteiger partial charge < -0.3 is 10.1 Å². The van der Waals surface area contributed by atoms with Crippen LogP contribution in [-0.4, -0.2) is 18.4 Å². The fourth-order valence-electron chi connectivity index (χ4n) is 3.83. The SMILES string of the molecule is CCOc1cccc(N2C(=O)C(Nc3cc(C)cc(C)c3)=C(c3ccc(Cl)cc3)C2=O)c1. The Bertz CT molecular complexity index is 1210. The topological polar surface area (TPSA) is 58.6 Å². The molecule has 0 spiro atoms. The smallest absolute Gasteiger partial charge is 0.282 e. The van der Waals surface area contributed by atoms with Crippen molar-refractivity contribution in [3.63, 3.8) is 0 Å². The van der Waals surface area contributed by atoms with E-state index >= 15 is 0 Å². The molecule has 0 saturated carbocycles. The van der Waals surface area contributed by atoms with Crippen molar-refractivity contribution in [3.05, 3.63) is 94.1 Å². The molecular weight excluding hydrogens is 424 g/mol. The highest BCUT2D eigenvalue weighted by Gasteiger charge is 2.40. The average Bonchev–Trinajstić information content (AvgIpc) is 2.98. The summed E-state index contributed by atoms with van der Waals surface area (Å²) in [6.45, 7) is 6.34. The molecule has 1 N–H and O–H groups in total. The molecule has 6 heteroatoms. The Balaban J connectivity index is 1.81. The summed E-state index contributed by atoms with van der Waals surface area (Å²) in [7, 11) is 0. The summed E-state index contributed by atoms with van der Waals surface area (Å²) in [5.41, 5.74) is 4.45. The normalized spacial score (nSPS) is 13.7. The largest absolute Gasteiger partial charge is 0.494 e. The van der Waals surface area contributed by atoms with Gasteiger partial charge in [-0.15, -0.1) is 0 Å². The molecular formula is C26H23ClN2O3. The monoisotopic (exact) mass is 446 g/mol. The third kappa shape index (κ3) is 4.25. The highest BCUT2D eigenvalue weighted by molar-refractivity contribution is 6.46. The van der Waals surface area contributed by atoms with Crippen molar-refractivity contribution in [2.24, 2.45) is 0 Å². The zero-order valence-corrected chi connectivity index (χ0v) is 18.9. The van der Waals surface area contributed by atoms with Crippen LogP contribution in [0.15, 0.2) is 72.4 Å². The first kappa shape index (κ1) is 21.7. The van der Waals surface area contributed by atoms with Crippen molar-refractivity contribution in [1.82, 2.24) is 0 Å². The Morgan fingerprint density at radius 2 is 1.59 bits per heavy atom. The summed E-state index contributed by atoms with van der Waals surface area (Å²) >= 11 is 6.05. The molecule has 0 fully saturated rings. The van der Waals surface area contributed by atoms with Gasteiger partial charge in [0.25, 0.3) is 11.8 Å². The summed E-state index contributed by atoms with van der Waals surface area (Å²) in [6.07, 6.45) is 0. The van der Waals surface area contributed by atoms with Crippen LogP contribution in [0, 0.1) is 13.8 Å². The Hall–Kier alpha value is -3.57. The average molecular weight is 447 g/mol. The molecule has 32 heavy (non-hydrogen) atoms. The van der Waals surface area contributed by atoms with Crippen molar-refractivity contribution in [2.75, 3.05) is 16.8 Å². The quantitative estimate of drug-likeness (QED) is 0.489. The van der Waals surface area contributed by atoms with Gasteiger partial charge in [0.15, 0.2) is 0 Å². The van der Waals surface area contributed by atoms with Crippen LogP contribution in [-0.2, 0) is 9.59 Å². The molecule has 5 nitrogen and oxygen atoms in total. The molecule has 0 atom stereocenters. The lowest BCUT2D eigenvalue weighted by Gasteiger charge is -2.16. The lowest BCUT2D eigenvalue weighted by molar-refractivity contribution is -0.120. The Morgan fingerprint density at radius 1 is 0.906 bits per heavy atom. The molecule has 0 aromatic heterocycles. The maximum absolute atomic E-state index is 13.5. The number of aryl methyl sites for hydroxylation is 2. The number of amides is 2. The maximum Gasteiger partial charge on any atom is 0.282 e. The van der Waals surface area contributed by atoms with E-state index in [2.05, 4.69) is 5.32 Å². The molecule has 3 aromatic rings. The van der Waals surface area contributed by atoms with Crippen LogP contribution in [0.3, 0.4) is 0 Å². The van der Waals surface area contributed by atoms with Gasteiger partial charge in [-0.2, -0.15) is 0 Å². The first-order chi connectivity index (χ1) is 15.4. The van der Waals surface area contributed by atoms with Gasteiger partial charge in [0.2, 0.25) is 0 Å². The number of carbonyl (C=O) groups is 2. The van der Waals surface area contributed by atoms with Gasteiger partial charge in [-0.3, -0.25) is 9.59 Å². The Labute approximate surface area is 192 Å². The minimum Gasteiger partial charge on any atom is -0.494 e. The minimum absolute atomic E-state index is 0.226. The van der Waals surface area contributed by atoms with Gasteiger partial charge >= 0.3 is 0 Å². The van der Waals surface area contributed by atoms with Crippen LogP contribution in [0.25, 0.3) is 5.57 Å². The number of hydrogen-bond acceptors (Lipinski definition) is 4. The molecule has 0 radical (unpaired) electrons. The number of halogens is 1. The van der Waals surface area contributed by atoms with Gasteiger partial charge in [0.1, 0.15) is 11.4 Å². The Morgan fingerprint density at radius 3 is 2.25 bits per heavy atom. The van der Waals surface area contributed by atoms with Crippen LogP contribution >= 0.6 is 11.6 Å². The summed E-state index contributed by atoms with van der Waals surface area (Å²) in [5, 5.41) is 3.76. The summed E-state index contributed by atoms with van der Waals surface area (Å²) in [5.74, 6) is -0.236. The van der Waals surface area contributed by atoms with Gasteiger partial charge in [-0.25, -0.2) is 4.90 Å². The molecule has 0 bridgehead atoms. The molecule has 0 aliphatic carbocycles. The van der Waals surface area contributed by atoms with Crippen LogP contribution in [0.1, 0.15) is 23.6 Å². The van der Waals surface area contributed by atoms with E-state index in [4.69, 9.17) is 16.3 Å². The molecule has 1 heterocycles. The lowest BCUT2D eigenvalue weighted by atomic mass is 10.0. The number of ether oxygens (including phenoxy) is 1. The number of carbonyl (C=O) groups excluding carboxylic acids is 2. The van der Waals surface area contributed by atoms with E-state index in [1.807, 2.05) is 39.0 Å². The fourth-order valence-corrected chi connectivity index (χ4v) is 3.96. The van der Waals surface area contributed by atoms with Crippen LogP contribution in [0.5, 0.6) is 5.75 Å². The first-order valence-electron chi connectivity index (χ1n) is 10.3. The fraction of sp³-hybridized carbons (Fsp3) is 0.154. The van der Waals surface area contributed by atoms with E-state index in [0.29, 0.717) is 34.2 Å². The zero-order valence-electron chi connectivity index (χ0n) is 18.1. The molecule has 0 saturated heterocycles. The second-order valence-corrected chi connectivity index (χ2v) is 8.07. The molecule has 0 unspecified atom stereocenters. The molecule has 1 aliphatic rings. The molecule has 4 rings (SSSR count). The van der Waals surface area contributed by atoms with Crippen molar-refractivity contribution in [2.45, 2.75) is 20.8 Å². The van der Waals surface area contributed by atoms with Gasteiger partial charge in [0, 0.05) is 16.8 Å². The van der Waals surface area contributed by atoms with Gasteiger partial charge in [0.05, 0.1) is 17.9 Å². The molecule has 2 amide bonds. The van der Waals surface area contributed by atoms with Gasteiger partial charge in [-0.1, -0.05) is 35.9 Å². The molecule has 3 aromatic carbocycles. The number of benzene rings is 3. The maximum atomic E-state index is 13.5. The third-order valence-electron chi connectivity index (χ3n) is 5.09. The number of rotatable bonds is 6. The summed E-state index contributed by atoms with van der Waals surface area (Å²) < 4.78 is 5.56. The number of nitrogens with zero attached hydrogens (tertiary/aromatic N) is 1. The second-order valence-electron chi connectivity index (χ2n) is 7.63. The second kappa shape index (κ2) is 8.89.